The Kier molecular flexibility index (Phi) is 5.22. The minimum atomic E-state index is 0.258. The molecule has 19 heavy (non-hydrogen) atoms. The van der Waals surface area contributed by atoms with Crippen molar-refractivity contribution in [2.45, 2.75) is 25.4 Å². The van der Waals surface area contributed by atoms with Crippen molar-refractivity contribution >= 4 is 11.6 Å². The fourth-order valence-electron chi connectivity index (χ4n) is 2.53. The Morgan fingerprint density at radius 1 is 1.42 bits per heavy atom. The summed E-state index contributed by atoms with van der Waals surface area (Å²) in [5, 5.41) is 0.779. The number of hydrogen-bond donors (Lipinski definition) is 1. The van der Waals surface area contributed by atoms with E-state index < -0.39 is 0 Å². The van der Waals surface area contributed by atoms with E-state index in [0.29, 0.717) is 12.0 Å². The van der Waals surface area contributed by atoms with Gasteiger partial charge in [-0.05, 0) is 38.1 Å². The number of rotatable bonds is 4. The molecule has 1 fully saturated rings. The first-order valence-corrected chi connectivity index (χ1v) is 7.24. The largest absolute Gasteiger partial charge is 0.381 e. The molecule has 0 radical (unpaired) electrons. The Hall–Kier alpha value is -0.610. The summed E-state index contributed by atoms with van der Waals surface area (Å²) in [6, 6.07) is 8.66. The van der Waals surface area contributed by atoms with E-state index in [0.717, 1.165) is 31.2 Å². The van der Waals surface area contributed by atoms with E-state index in [1.165, 1.54) is 5.56 Å². The quantitative estimate of drug-likeness (QED) is 0.923. The lowest BCUT2D eigenvalue weighted by atomic mass is 9.95. The summed E-state index contributed by atoms with van der Waals surface area (Å²) in [7, 11) is 2.14. The summed E-state index contributed by atoms with van der Waals surface area (Å²) < 4.78 is 5.53. The molecule has 1 aromatic carbocycles. The fourth-order valence-corrected chi connectivity index (χ4v) is 2.65. The van der Waals surface area contributed by atoms with Crippen LogP contribution in [0.3, 0.4) is 0 Å². The molecule has 0 spiro atoms. The molecule has 2 N–H and O–H groups in total. The maximum Gasteiger partial charge on any atom is 0.0521 e. The van der Waals surface area contributed by atoms with E-state index in [1.54, 1.807) is 0 Å². The minimum absolute atomic E-state index is 0.258. The zero-order chi connectivity index (χ0) is 13.8. The van der Waals surface area contributed by atoms with Crippen LogP contribution in [0, 0.1) is 5.92 Å². The van der Waals surface area contributed by atoms with E-state index >= 15 is 0 Å². The van der Waals surface area contributed by atoms with Crippen LogP contribution in [-0.2, 0) is 4.74 Å². The van der Waals surface area contributed by atoms with Crippen LogP contribution in [-0.4, -0.2) is 37.7 Å². The van der Waals surface area contributed by atoms with Gasteiger partial charge in [0.25, 0.3) is 0 Å². The topological polar surface area (TPSA) is 38.5 Å². The van der Waals surface area contributed by atoms with E-state index in [2.05, 4.69) is 31.0 Å². The van der Waals surface area contributed by atoms with Crippen molar-refractivity contribution in [3.63, 3.8) is 0 Å². The first-order chi connectivity index (χ1) is 9.08. The SMILES string of the molecule is CC(c1ccc(Cl)cc1)N(C)CC1COCCC1N. The highest BCUT2D eigenvalue weighted by molar-refractivity contribution is 6.30. The van der Waals surface area contributed by atoms with Gasteiger partial charge in [0.2, 0.25) is 0 Å². The average molecular weight is 283 g/mol. The fraction of sp³-hybridized carbons (Fsp3) is 0.600. The van der Waals surface area contributed by atoms with Crippen molar-refractivity contribution in [2.75, 3.05) is 26.8 Å². The standard InChI is InChI=1S/C15H23ClN2O/c1-11(12-3-5-14(16)6-4-12)18(2)9-13-10-19-8-7-15(13)17/h3-6,11,13,15H,7-10,17H2,1-2H3. The predicted molar refractivity (Wildman–Crippen MR) is 79.4 cm³/mol. The van der Waals surface area contributed by atoms with Gasteiger partial charge in [-0.2, -0.15) is 0 Å². The summed E-state index contributed by atoms with van der Waals surface area (Å²) in [5.41, 5.74) is 7.44. The molecular formula is C15H23ClN2O. The van der Waals surface area contributed by atoms with Crippen molar-refractivity contribution in [1.82, 2.24) is 4.90 Å². The first kappa shape index (κ1) is 14.8. The molecule has 0 aromatic heterocycles. The molecule has 1 aliphatic rings. The van der Waals surface area contributed by atoms with Crippen LogP contribution >= 0.6 is 11.6 Å². The third kappa shape index (κ3) is 3.93. The highest BCUT2D eigenvalue weighted by Gasteiger charge is 2.25. The van der Waals surface area contributed by atoms with Gasteiger partial charge in [-0.3, -0.25) is 4.90 Å². The molecule has 106 valence electrons. The van der Waals surface area contributed by atoms with Crippen LogP contribution in [0.2, 0.25) is 5.02 Å². The maximum atomic E-state index is 6.16. The van der Waals surface area contributed by atoms with Crippen molar-refractivity contribution in [3.8, 4) is 0 Å². The molecule has 1 aromatic rings. The van der Waals surface area contributed by atoms with E-state index in [9.17, 15) is 0 Å². The highest BCUT2D eigenvalue weighted by Crippen LogP contribution is 2.23. The summed E-state index contributed by atoms with van der Waals surface area (Å²) in [4.78, 5) is 2.34. The third-order valence-electron chi connectivity index (χ3n) is 4.07. The van der Waals surface area contributed by atoms with Crippen molar-refractivity contribution in [2.24, 2.45) is 11.7 Å². The molecule has 0 aliphatic carbocycles. The molecule has 1 heterocycles. The number of nitrogens with two attached hydrogens (primary N) is 1. The van der Waals surface area contributed by atoms with E-state index in [4.69, 9.17) is 22.1 Å². The van der Waals surface area contributed by atoms with Crippen LogP contribution in [0.1, 0.15) is 24.9 Å². The van der Waals surface area contributed by atoms with Gasteiger partial charge in [0.1, 0.15) is 0 Å². The summed E-state index contributed by atoms with van der Waals surface area (Å²) >= 11 is 5.92. The van der Waals surface area contributed by atoms with Crippen LogP contribution in [0.5, 0.6) is 0 Å². The Morgan fingerprint density at radius 2 is 2.11 bits per heavy atom. The maximum absolute atomic E-state index is 6.16. The zero-order valence-corrected chi connectivity index (χ0v) is 12.4. The molecule has 1 aliphatic heterocycles. The minimum Gasteiger partial charge on any atom is -0.381 e. The van der Waals surface area contributed by atoms with Crippen LogP contribution in [0.4, 0.5) is 0 Å². The highest BCUT2D eigenvalue weighted by atomic mass is 35.5. The van der Waals surface area contributed by atoms with Gasteiger partial charge >= 0.3 is 0 Å². The summed E-state index contributed by atoms with van der Waals surface area (Å²) in [6.07, 6.45) is 0.966. The van der Waals surface area contributed by atoms with Gasteiger partial charge in [-0.15, -0.1) is 0 Å². The molecule has 3 nitrogen and oxygen atoms in total. The average Bonchev–Trinajstić information content (AvgIpc) is 2.41. The van der Waals surface area contributed by atoms with Crippen LogP contribution < -0.4 is 5.73 Å². The molecule has 0 saturated carbocycles. The predicted octanol–water partition coefficient (Wildman–Crippen LogP) is 2.70. The lowest BCUT2D eigenvalue weighted by molar-refractivity contribution is 0.0248. The Morgan fingerprint density at radius 3 is 2.74 bits per heavy atom. The lowest BCUT2D eigenvalue weighted by Gasteiger charge is -2.34. The molecular weight excluding hydrogens is 260 g/mol. The smallest absolute Gasteiger partial charge is 0.0521 e. The Labute approximate surface area is 120 Å². The monoisotopic (exact) mass is 282 g/mol. The number of nitrogens with zero attached hydrogens (tertiary/aromatic N) is 1. The molecule has 0 amide bonds. The van der Waals surface area contributed by atoms with E-state index in [1.807, 2.05) is 12.1 Å². The van der Waals surface area contributed by atoms with Gasteiger partial charge in [0, 0.05) is 36.2 Å². The van der Waals surface area contributed by atoms with Gasteiger partial charge in [-0.1, -0.05) is 23.7 Å². The molecule has 0 bridgehead atoms. The van der Waals surface area contributed by atoms with Gasteiger partial charge in [-0.25, -0.2) is 0 Å². The van der Waals surface area contributed by atoms with Gasteiger partial charge < -0.3 is 10.5 Å². The number of halogens is 1. The lowest BCUT2D eigenvalue weighted by Crippen LogP contribution is -2.44. The number of hydrogen-bond acceptors (Lipinski definition) is 3. The molecule has 2 rings (SSSR count). The van der Waals surface area contributed by atoms with Crippen molar-refractivity contribution in [1.29, 1.82) is 0 Å². The van der Waals surface area contributed by atoms with Gasteiger partial charge in [0.05, 0.1) is 6.61 Å². The molecule has 3 unspecified atom stereocenters. The molecule has 4 heteroatoms. The molecule has 1 saturated heterocycles. The summed E-state index contributed by atoms with van der Waals surface area (Å²) in [6.45, 7) is 4.75. The zero-order valence-electron chi connectivity index (χ0n) is 11.7. The Balaban J connectivity index is 1.94. The second-order valence-electron chi connectivity index (χ2n) is 5.45. The van der Waals surface area contributed by atoms with E-state index in [-0.39, 0.29) is 6.04 Å². The third-order valence-corrected chi connectivity index (χ3v) is 4.32. The van der Waals surface area contributed by atoms with Crippen molar-refractivity contribution < 1.29 is 4.74 Å². The first-order valence-electron chi connectivity index (χ1n) is 6.87. The molecule has 3 atom stereocenters. The summed E-state index contributed by atoms with van der Waals surface area (Å²) in [5.74, 6) is 0.425. The van der Waals surface area contributed by atoms with Crippen LogP contribution in [0.15, 0.2) is 24.3 Å². The van der Waals surface area contributed by atoms with Crippen LogP contribution in [0.25, 0.3) is 0 Å². The second-order valence-corrected chi connectivity index (χ2v) is 5.89. The van der Waals surface area contributed by atoms with Gasteiger partial charge in [0.15, 0.2) is 0 Å². The van der Waals surface area contributed by atoms with Crippen molar-refractivity contribution in [3.05, 3.63) is 34.9 Å². The Bertz CT molecular complexity index is 396. The normalized spacial score (nSPS) is 25.5. The number of ether oxygens (including phenoxy) is 1. The number of benzene rings is 1. The second kappa shape index (κ2) is 6.71.